The molecule has 0 heterocycles. The third kappa shape index (κ3) is 7.92. The molecule has 1 aromatic rings. The number of benzene rings is 1. The Kier molecular flexibility index (Phi) is 13.6. The number of nitrogens with zero attached hydrogens (tertiary/aromatic N) is 1. The summed E-state index contributed by atoms with van der Waals surface area (Å²) < 4.78 is 22.9. The Morgan fingerprint density at radius 1 is 0.967 bits per heavy atom. The molecule has 5 saturated carbocycles. The minimum absolute atomic E-state index is 0.0801. The van der Waals surface area contributed by atoms with E-state index in [-0.39, 0.29) is 54.8 Å². The summed E-state index contributed by atoms with van der Waals surface area (Å²) in [5.74, 6) is -1.95. The van der Waals surface area contributed by atoms with Crippen molar-refractivity contribution in [2.75, 3.05) is 13.7 Å². The average Bonchev–Trinajstić information content (AvgIpc) is 3.84. The fraction of sp³-hybridized carbons (Fsp3) is 0.667. The number of aliphatic hydroxyl groups excluding tert-OH is 1. The van der Waals surface area contributed by atoms with Gasteiger partial charge in [0.05, 0.1) is 41.6 Å². The van der Waals surface area contributed by atoms with Gasteiger partial charge in [0, 0.05) is 29.6 Å². The monoisotopic (exact) mass is 863 g/mol. The Hall–Kier alpha value is -4.21. The molecule has 1 aromatic carbocycles. The van der Waals surface area contributed by atoms with E-state index >= 15 is 0 Å². The SMILES string of the molecule is CCC(=O)OCC(=O)[C@@]1(OC(=O)CC)[C@@H](C)C[C@H]2[C@@H]3CCC4=CC(=O)C=C[C@]4(C)[C@@]3(Cl)[C@@H](O)C[C@@]21C.COc1ccc(C2(C#N)CCC(C(=O)O)CC2)cc1OC1CCCC1. The number of hydrogen-bond donors (Lipinski definition) is 2. The number of allylic oxidation sites excluding steroid dienone is 4. The number of esters is 2. The number of alkyl halides is 1. The van der Waals surface area contributed by atoms with E-state index in [1.54, 1.807) is 27.0 Å². The molecule has 0 aromatic heterocycles. The highest BCUT2D eigenvalue weighted by Crippen LogP contribution is 2.72. The van der Waals surface area contributed by atoms with Crippen LogP contribution < -0.4 is 9.47 Å². The van der Waals surface area contributed by atoms with Gasteiger partial charge in [0.1, 0.15) is 0 Å². The fourth-order valence-corrected chi connectivity index (χ4v) is 12.6. The van der Waals surface area contributed by atoms with Crippen molar-refractivity contribution in [3.8, 4) is 17.6 Å². The largest absolute Gasteiger partial charge is 0.493 e. The predicted octanol–water partition coefficient (Wildman–Crippen LogP) is 8.14. The fourth-order valence-electron chi connectivity index (χ4n) is 12.1. The molecule has 12 nitrogen and oxygen atoms in total. The Morgan fingerprint density at radius 2 is 1.64 bits per heavy atom. The van der Waals surface area contributed by atoms with Crippen molar-refractivity contribution in [1.29, 1.82) is 5.26 Å². The number of aliphatic carboxylic acids is 1. The molecule has 0 aliphatic heterocycles. The van der Waals surface area contributed by atoms with Gasteiger partial charge in [-0.15, -0.1) is 11.6 Å². The summed E-state index contributed by atoms with van der Waals surface area (Å²) >= 11 is 7.48. The van der Waals surface area contributed by atoms with Crippen LogP contribution in [0.1, 0.15) is 130 Å². The third-order valence-electron chi connectivity index (χ3n) is 15.5. The lowest BCUT2D eigenvalue weighted by atomic mass is 9.45. The summed E-state index contributed by atoms with van der Waals surface area (Å²) in [4.78, 5) is 60.7. The highest BCUT2D eigenvalue weighted by Gasteiger charge is 2.76. The van der Waals surface area contributed by atoms with Crippen LogP contribution in [0.2, 0.25) is 0 Å². The number of nitriles is 1. The maximum absolute atomic E-state index is 13.9. The maximum atomic E-state index is 13.9. The number of ether oxygens (including phenoxy) is 4. The van der Waals surface area contributed by atoms with Crippen molar-refractivity contribution in [1.82, 2.24) is 0 Å². The molecule has 0 amide bonds. The van der Waals surface area contributed by atoms with Crippen LogP contribution >= 0.6 is 11.6 Å². The molecule has 5 fully saturated rings. The van der Waals surface area contributed by atoms with Crippen LogP contribution in [0.25, 0.3) is 0 Å². The number of Topliss-reactive ketones (excluding diaryl/α,β-unsaturated/α-hetero) is 1. The lowest BCUT2D eigenvalue weighted by molar-refractivity contribution is -0.203. The van der Waals surface area contributed by atoms with Gasteiger partial charge in [-0.1, -0.05) is 52.3 Å². The molecule has 8 atom stereocenters. The minimum atomic E-state index is -1.55. The van der Waals surface area contributed by atoms with Crippen LogP contribution in [0.4, 0.5) is 0 Å². The van der Waals surface area contributed by atoms with E-state index in [0.717, 1.165) is 24.0 Å². The summed E-state index contributed by atoms with van der Waals surface area (Å²) in [5, 5.41) is 30.8. The van der Waals surface area contributed by atoms with Crippen molar-refractivity contribution in [3.63, 3.8) is 0 Å². The summed E-state index contributed by atoms with van der Waals surface area (Å²) in [6.07, 6.45) is 13.1. The number of aliphatic hydroxyl groups is 1. The zero-order valence-corrected chi connectivity index (χ0v) is 37.2. The second kappa shape index (κ2) is 17.9. The number of ketones is 2. The smallest absolute Gasteiger partial charge is 0.306 e. The summed E-state index contributed by atoms with van der Waals surface area (Å²) in [5.41, 5.74) is -1.99. The summed E-state index contributed by atoms with van der Waals surface area (Å²) in [6.45, 7) is 8.61. The molecular weight excluding hydrogens is 802 g/mol. The van der Waals surface area contributed by atoms with E-state index in [0.29, 0.717) is 56.4 Å². The highest BCUT2D eigenvalue weighted by atomic mass is 35.5. The van der Waals surface area contributed by atoms with Gasteiger partial charge in [-0.3, -0.25) is 24.0 Å². The first-order valence-electron chi connectivity index (χ1n) is 22.1. The lowest BCUT2D eigenvalue weighted by Gasteiger charge is -2.64. The Bertz CT molecular complexity index is 1990. The van der Waals surface area contributed by atoms with Gasteiger partial charge in [-0.25, -0.2) is 0 Å². The normalized spacial score (nSPS) is 36.4. The first kappa shape index (κ1) is 46.3. The molecule has 0 saturated heterocycles. The highest BCUT2D eigenvalue weighted by molar-refractivity contribution is 6.26. The van der Waals surface area contributed by atoms with Gasteiger partial charge in [0.15, 0.2) is 29.5 Å². The molecule has 2 N–H and O–H groups in total. The van der Waals surface area contributed by atoms with Crippen LogP contribution in [-0.4, -0.2) is 76.1 Å². The van der Waals surface area contributed by atoms with Crippen LogP contribution in [0.5, 0.6) is 11.5 Å². The zero-order chi connectivity index (χ0) is 44.5. The lowest BCUT2D eigenvalue weighted by Crippen LogP contribution is -2.69. The Labute approximate surface area is 364 Å². The van der Waals surface area contributed by atoms with E-state index in [1.807, 2.05) is 45.0 Å². The van der Waals surface area contributed by atoms with E-state index in [9.17, 15) is 39.4 Å². The van der Waals surface area contributed by atoms with Crippen LogP contribution in [-0.2, 0) is 38.9 Å². The maximum Gasteiger partial charge on any atom is 0.306 e. The van der Waals surface area contributed by atoms with E-state index < -0.39 is 63.1 Å². The van der Waals surface area contributed by atoms with Crippen molar-refractivity contribution in [2.24, 2.45) is 34.5 Å². The van der Waals surface area contributed by atoms with Gasteiger partial charge in [0.2, 0.25) is 5.78 Å². The quantitative estimate of drug-likeness (QED) is 0.161. The molecule has 0 bridgehead atoms. The number of carbonyl (C=O) groups excluding carboxylic acids is 4. The third-order valence-corrected chi connectivity index (χ3v) is 16.5. The predicted molar refractivity (Wildman–Crippen MR) is 226 cm³/mol. The number of halogens is 1. The van der Waals surface area contributed by atoms with Crippen molar-refractivity contribution in [3.05, 3.63) is 47.6 Å². The molecule has 7 rings (SSSR count). The second-order valence-electron chi connectivity index (χ2n) is 18.6. The molecule has 61 heavy (non-hydrogen) atoms. The number of fused-ring (bicyclic) bond motifs is 5. The number of carboxylic acids is 1. The van der Waals surface area contributed by atoms with Gasteiger partial charge in [-0.2, -0.15) is 5.26 Å². The average molecular weight is 864 g/mol. The van der Waals surface area contributed by atoms with Gasteiger partial charge < -0.3 is 29.2 Å². The van der Waals surface area contributed by atoms with E-state index in [2.05, 4.69) is 6.07 Å². The first-order chi connectivity index (χ1) is 28.9. The number of hydrogen-bond acceptors (Lipinski definition) is 11. The molecule has 6 aliphatic rings. The Balaban J connectivity index is 0.000000218. The van der Waals surface area contributed by atoms with Crippen LogP contribution in [0.3, 0.4) is 0 Å². The molecule has 6 aliphatic carbocycles. The van der Waals surface area contributed by atoms with Gasteiger partial charge in [-0.05, 0) is 119 Å². The topological polar surface area (TPSA) is 187 Å². The summed E-state index contributed by atoms with van der Waals surface area (Å²) in [6, 6.07) is 8.18. The van der Waals surface area contributed by atoms with Crippen LogP contribution in [0.15, 0.2) is 42.0 Å². The van der Waals surface area contributed by atoms with E-state index in [4.69, 9.17) is 30.5 Å². The molecule has 0 unspecified atom stereocenters. The number of carboxylic acid groups (broad SMARTS) is 1. The standard InChI is InChI=1S/C28H37ClO7.C20H25NO4/c1-6-23(33)35-15-22(32)28(36-24(34)7-2)16(3)12-20-19-9-8-17-13-18(30)10-11-25(17,4)27(19,29)21(31)14-26(20,28)5;1-24-17-7-6-15(12-18(17)25-16-4-2-3-5-16)20(13-21)10-8-14(9-11-20)19(22)23/h10-11,13,16,19-21,31H,6-9,12,14-15H2,1-5H3;6-7,12,14,16H,2-5,8-11H2,1H3,(H,22,23)/t16-,19-,20-,21-,25-,26-,27-,28-;/m0./s1. The second-order valence-corrected chi connectivity index (χ2v) is 19.2. The van der Waals surface area contributed by atoms with Gasteiger partial charge >= 0.3 is 17.9 Å². The molecular formula is C48H62ClNO11. The molecule has 332 valence electrons. The zero-order valence-electron chi connectivity index (χ0n) is 36.4. The molecule has 0 spiro atoms. The molecule has 0 radical (unpaired) electrons. The van der Waals surface area contributed by atoms with Gasteiger partial charge in [0.25, 0.3) is 0 Å². The van der Waals surface area contributed by atoms with Crippen molar-refractivity contribution >= 4 is 41.1 Å². The number of carbonyl (C=O) groups is 5. The van der Waals surface area contributed by atoms with Crippen LogP contribution in [0, 0.1) is 45.8 Å². The minimum Gasteiger partial charge on any atom is -0.493 e. The molecule has 13 heteroatoms. The van der Waals surface area contributed by atoms with Crippen molar-refractivity contribution in [2.45, 2.75) is 153 Å². The first-order valence-corrected chi connectivity index (χ1v) is 22.5. The number of methoxy groups -OCH3 is 1. The Morgan fingerprint density at radius 3 is 2.25 bits per heavy atom. The number of rotatable bonds is 11. The van der Waals surface area contributed by atoms with Crippen molar-refractivity contribution < 1.29 is 53.1 Å². The van der Waals surface area contributed by atoms with E-state index in [1.165, 1.54) is 18.9 Å². The summed E-state index contributed by atoms with van der Waals surface area (Å²) in [7, 11) is 1.62.